The molecule has 418 valence electrons. The summed E-state index contributed by atoms with van der Waals surface area (Å²) < 4.78 is 49.0. The number of β-amino-alcohol motifs (C(OH)–C–C–N with tert-alkyl or cyclic N) is 1. The van der Waals surface area contributed by atoms with Crippen LogP contribution in [0.3, 0.4) is 0 Å². The van der Waals surface area contributed by atoms with Crippen molar-refractivity contribution < 1.29 is 42.6 Å². The number of para-hydroxylation sites is 1. The van der Waals surface area contributed by atoms with Crippen LogP contribution in [-0.4, -0.2) is 133 Å². The van der Waals surface area contributed by atoms with Crippen LogP contribution < -0.4 is 30.3 Å². The third-order valence-electron chi connectivity index (χ3n) is 16.8. The fourth-order valence-electron chi connectivity index (χ4n) is 12.6. The van der Waals surface area contributed by atoms with E-state index < -0.39 is 47.6 Å². The van der Waals surface area contributed by atoms with Crippen LogP contribution in [0.15, 0.2) is 76.9 Å². The van der Waals surface area contributed by atoms with Crippen LogP contribution >= 0.6 is 11.3 Å². The van der Waals surface area contributed by atoms with Gasteiger partial charge in [0.2, 0.25) is 17.7 Å². The molecule has 6 aromatic rings. The number of fused-ring (bicyclic) bond motifs is 2. The first-order chi connectivity index (χ1) is 38.1. The number of aryl methyl sites for hydroxylation is 1. The average molecular weight is 1100 g/mol. The van der Waals surface area contributed by atoms with Crippen molar-refractivity contribution in [1.82, 2.24) is 40.4 Å². The molecule has 2 unspecified atom stereocenters. The lowest BCUT2D eigenvalue weighted by Crippen LogP contribution is -2.54. The number of nitrogens with zero attached hydrogens (tertiary/aromatic N) is 9. The van der Waals surface area contributed by atoms with Crippen LogP contribution in [0.4, 0.5) is 26.0 Å². The van der Waals surface area contributed by atoms with Gasteiger partial charge in [-0.3, -0.25) is 9.59 Å². The number of carbonyl (C=O) groups excluding carboxylic acids is 2. The Morgan fingerprint density at radius 1 is 0.899 bits per heavy atom. The lowest BCUT2D eigenvalue weighted by atomic mass is 9.81. The highest BCUT2D eigenvalue weighted by Crippen LogP contribution is 2.41. The number of nitrogens with one attached hydrogen (secondary N) is 1. The van der Waals surface area contributed by atoms with E-state index in [0.29, 0.717) is 69.8 Å². The smallest absolute Gasteiger partial charge is 0.254 e. The van der Waals surface area contributed by atoms with Crippen molar-refractivity contribution in [2.24, 2.45) is 17.8 Å². The summed E-state index contributed by atoms with van der Waals surface area (Å²) in [5.41, 5.74) is 11.8. The first-order valence-corrected chi connectivity index (χ1v) is 28.6. The average Bonchev–Trinajstić information content (AvgIpc) is 4.27. The minimum Gasteiger partial charge on any atom is -0.507 e. The summed E-state index contributed by atoms with van der Waals surface area (Å²) in [4.78, 5) is 46.0. The molecule has 11 rings (SSSR count). The first-order valence-electron chi connectivity index (χ1n) is 27.7. The number of amides is 2. The number of phenolic OH excluding ortho intramolecular Hbond substituents is 1. The number of nitrogens with two attached hydrogens (primary N) is 1. The molecule has 4 aromatic heterocycles. The first kappa shape index (κ1) is 54.0. The summed E-state index contributed by atoms with van der Waals surface area (Å²) in [6.07, 6.45) is 8.18. The van der Waals surface area contributed by atoms with Gasteiger partial charge in [-0.2, -0.15) is 0 Å². The molecule has 0 radical (unpaired) electrons. The van der Waals surface area contributed by atoms with Crippen molar-refractivity contribution in [3.05, 3.63) is 101 Å². The highest BCUT2D eigenvalue weighted by molar-refractivity contribution is 7.13. The van der Waals surface area contributed by atoms with Crippen molar-refractivity contribution in [3.63, 3.8) is 0 Å². The molecule has 4 saturated heterocycles. The maximum absolute atomic E-state index is 15.4. The maximum atomic E-state index is 15.4. The molecule has 5 aliphatic rings. The van der Waals surface area contributed by atoms with E-state index in [1.54, 1.807) is 37.6 Å². The molecule has 2 aromatic carbocycles. The Morgan fingerprint density at radius 3 is 2.41 bits per heavy atom. The van der Waals surface area contributed by atoms with Gasteiger partial charge in [-0.1, -0.05) is 26.0 Å². The van der Waals surface area contributed by atoms with E-state index in [9.17, 15) is 19.8 Å². The van der Waals surface area contributed by atoms with Gasteiger partial charge in [0.1, 0.15) is 35.4 Å². The predicted octanol–water partition coefficient (Wildman–Crippen LogP) is 8.30. The molecule has 79 heavy (non-hydrogen) atoms. The molecule has 21 heteroatoms. The lowest BCUT2D eigenvalue weighted by Gasteiger charge is -2.43. The summed E-state index contributed by atoms with van der Waals surface area (Å²) in [5, 5.41) is 36.6. The van der Waals surface area contributed by atoms with Gasteiger partial charge in [0.25, 0.3) is 5.88 Å². The number of benzene rings is 2. The fraction of sp³-hybridized carbons (Fsp3) is 0.500. The monoisotopic (exact) mass is 1100 g/mol. The van der Waals surface area contributed by atoms with Crippen molar-refractivity contribution in [2.45, 2.75) is 121 Å². The second kappa shape index (κ2) is 23.0. The number of hydrogen-bond acceptors (Lipinski definition) is 17. The Balaban J connectivity index is 0.607. The summed E-state index contributed by atoms with van der Waals surface area (Å²) in [6, 6.07) is 15.7. The zero-order valence-corrected chi connectivity index (χ0v) is 45.8. The third-order valence-corrected chi connectivity index (χ3v) is 17.8. The van der Waals surface area contributed by atoms with Gasteiger partial charge >= 0.3 is 0 Å². The molecule has 2 amide bonds. The van der Waals surface area contributed by atoms with Crippen LogP contribution in [0.5, 0.6) is 17.5 Å². The third kappa shape index (κ3) is 11.6. The Labute approximate surface area is 462 Å². The molecule has 2 bridgehead atoms. The number of aliphatic hydroxyl groups excluding tert-OH is 1. The van der Waals surface area contributed by atoms with Crippen LogP contribution in [0.25, 0.3) is 21.7 Å². The number of anilines is 3. The molecule has 1 aliphatic carbocycles. The van der Waals surface area contributed by atoms with Crippen LogP contribution in [0.2, 0.25) is 0 Å². The number of pyridine rings is 1. The van der Waals surface area contributed by atoms with Gasteiger partial charge in [-0.25, -0.2) is 18.7 Å². The van der Waals surface area contributed by atoms with Gasteiger partial charge in [0.15, 0.2) is 11.6 Å². The zero-order chi connectivity index (χ0) is 55.1. The Bertz CT molecular complexity index is 3130. The second-order valence-electron chi connectivity index (χ2n) is 22.6. The van der Waals surface area contributed by atoms with Gasteiger partial charge in [0.05, 0.1) is 46.2 Å². The number of aromatic nitrogens is 5. The molecule has 8 heterocycles. The molecular weight excluding hydrogens is 1030 g/mol. The van der Waals surface area contributed by atoms with E-state index in [1.807, 2.05) is 38.2 Å². The number of hydrogen-bond donors (Lipinski definition) is 4. The SMILES string of the molecule is Cc1ncsc1-c1cc(F)c([C@H](C)NC(=O)[C@@H]2C[C@@H](O)CN2C(=O)[C@@H](c2cc(OCCC3CCN(CC4CC(Oc5cc(N6C7CCC6CN(c6cc(-c8ccccc8O)nnc6N)C7)ccn5)C4)CC3)no2)C(C)C)cc1F. The van der Waals surface area contributed by atoms with E-state index in [0.717, 1.165) is 101 Å². The molecule has 18 nitrogen and oxygen atoms in total. The van der Waals surface area contributed by atoms with Crippen molar-refractivity contribution in [1.29, 1.82) is 0 Å². The number of aromatic hydroxyl groups is 1. The molecule has 1 saturated carbocycles. The number of nitrogen functional groups attached to an aromatic ring is 1. The second-order valence-corrected chi connectivity index (χ2v) is 23.4. The van der Waals surface area contributed by atoms with Gasteiger partial charge < -0.3 is 54.9 Å². The van der Waals surface area contributed by atoms with Gasteiger partial charge in [0, 0.05) is 85.4 Å². The van der Waals surface area contributed by atoms with Gasteiger partial charge in [-0.15, -0.1) is 21.5 Å². The van der Waals surface area contributed by atoms with E-state index >= 15 is 8.78 Å². The van der Waals surface area contributed by atoms with Crippen molar-refractivity contribution in [3.8, 4) is 39.2 Å². The minimum atomic E-state index is -1.04. The standard InChI is InChI=1S/C58H69F2N11O7S/c1-32(2)54(58(75)70-30-40(72)22-49(70)57(74)64-33(3)43-23-46(60)44(24-45(43)59)55-34(4)63-31-79-55)51-26-53(67-78-51)76-18-14-35-12-16-68(17-13-35)27-36-19-41(20-36)77-52-21-37(11-15-62-52)71-38-9-10-39(71)29-69(28-38)48-25-47(65-66-56(48)61)42-7-5-6-8-50(42)73/h5-8,11,15,21,23-26,31-33,35-36,38-41,49,54,72-73H,9-10,12-14,16-20,22,27-30H2,1-4H3,(H2,61,66)(H,64,74)/t33-,36?,38?,39?,40+,41?,49-,54+/m0/s1. The van der Waals surface area contributed by atoms with Crippen LogP contribution in [0, 0.1) is 36.3 Å². The summed E-state index contributed by atoms with van der Waals surface area (Å²) >= 11 is 1.21. The number of aliphatic hydroxyl groups is 1. The number of ether oxygens (including phenoxy) is 2. The van der Waals surface area contributed by atoms with Crippen LogP contribution in [0.1, 0.15) is 101 Å². The number of carbonyl (C=O) groups is 2. The van der Waals surface area contributed by atoms with Crippen molar-refractivity contribution >= 4 is 40.3 Å². The molecule has 0 spiro atoms. The summed E-state index contributed by atoms with van der Waals surface area (Å²) in [6.45, 7) is 12.1. The highest BCUT2D eigenvalue weighted by Gasteiger charge is 2.45. The number of phenols is 1. The predicted molar refractivity (Wildman–Crippen MR) is 295 cm³/mol. The van der Waals surface area contributed by atoms with Crippen LogP contribution in [-0.2, 0) is 9.59 Å². The molecule has 6 atom stereocenters. The van der Waals surface area contributed by atoms with E-state index in [4.69, 9.17) is 19.7 Å². The van der Waals surface area contributed by atoms with E-state index in [-0.39, 0.29) is 47.7 Å². The topological polar surface area (TPSA) is 222 Å². The normalized spacial score (nSPS) is 23.2. The molecule has 5 fully saturated rings. The Hall–Kier alpha value is -6.97. The zero-order valence-electron chi connectivity index (χ0n) is 45.0. The molecule has 5 N–H and O–H groups in total. The maximum Gasteiger partial charge on any atom is 0.254 e. The quantitative estimate of drug-likeness (QED) is 0.0636. The Morgan fingerprint density at radius 2 is 1.67 bits per heavy atom. The minimum absolute atomic E-state index is 0.0120. The number of piperidine rings is 1. The largest absolute Gasteiger partial charge is 0.507 e. The highest BCUT2D eigenvalue weighted by atomic mass is 32.1. The number of thiazole rings is 1. The Kier molecular flexibility index (Phi) is 15.7. The number of likely N-dealkylation sites (tertiary alicyclic amines) is 2. The lowest BCUT2D eigenvalue weighted by molar-refractivity contribution is -0.141. The molecule has 4 aliphatic heterocycles. The number of rotatable bonds is 18. The van der Waals surface area contributed by atoms with E-state index in [1.165, 1.54) is 16.2 Å². The van der Waals surface area contributed by atoms with Gasteiger partial charge in [-0.05, 0) is 131 Å². The number of halogens is 2. The molecular formula is C58H69F2N11O7S. The summed E-state index contributed by atoms with van der Waals surface area (Å²) in [5.74, 6) is -0.532. The van der Waals surface area contributed by atoms with E-state index in [2.05, 4.69) is 57.5 Å². The number of piperazine rings is 1. The van der Waals surface area contributed by atoms with Crippen molar-refractivity contribution in [2.75, 3.05) is 61.4 Å². The summed E-state index contributed by atoms with van der Waals surface area (Å²) in [7, 11) is 0. The fourth-order valence-corrected chi connectivity index (χ4v) is 13.4.